The van der Waals surface area contributed by atoms with E-state index in [1.54, 1.807) is 18.2 Å². The molecule has 3 N–H and O–H groups in total. The summed E-state index contributed by atoms with van der Waals surface area (Å²) in [7, 11) is 2.12. The van der Waals surface area contributed by atoms with Gasteiger partial charge in [0.05, 0.1) is 0 Å². The molecule has 0 spiro atoms. The van der Waals surface area contributed by atoms with Gasteiger partial charge in [0.15, 0.2) is 0 Å². The molecule has 0 saturated carbocycles. The molecule has 0 aromatic heterocycles. The van der Waals surface area contributed by atoms with Gasteiger partial charge in [-0.05, 0) is 60.6 Å². The normalized spacial score (nSPS) is 20.2. The highest BCUT2D eigenvalue weighted by Gasteiger charge is 2.19. The van der Waals surface area contributed by atoms with E-state index in [0.717, 1.165) is 17.4 Å². The lowest BCUT2D eigenvalue weighted by atomic mass is 10.0. The molecule has 4 nitrogen and oxygen atoms in total. The maximum absolute atomic E-state index is 12.1. The third-order valence-electron chi connectivity index (χ3n) is 3.68. The van der Waals surface area contributed by atoms with E-state index in [9.17, 15) is 4.79 Å². The van der Waals surface area contributed by atoms with Crippen LogP contribution in [0.4, 0.5) is 5.69 Å². The molecule has 1 heterocycles. The molecule has 0 radical (unpaired) electrons. The number of likely N-dealkylation sites (N-methyl/N-ethyl adjacent to an activating group) is 1. The van der Waals surface area contributed by atoms with Gasteiger partial charge in [-0.25, -0.2) is 0 Å². The van der Waals surface area contributed by atoms with Crippen LogP contribution in [0.1, 0.15) is 29.6 Å². The molecule has 19 heavy (non-hydrogen) atoms. The topological polar surface area (TPSA) is 58.4 Å². The summed E-state index contributed by atoms with van der Waals surface area (Å²) in [6.07, 6.45) is 3.66. The van der Waals surface area contributed by atoms with Crippen molar-refractivity contribution in [1.82, 2.24) is 10.2 Å². The first-order valence-electron chi connectivity index (χ1n) is 6.61. The van der Waals surface area contributed by atoms with E-state index < -0.39 is 0 Å². The molecule has 104 valence electrons. The average Bonchev–Trinajstić information content (AvgIpc) is 2.40. The van der Waals surface area contributed by atoms with Crippen LogP contribution in [-0.4, -0.2) is 37.0 Å². The number of piperidine rings is 1. The van der Waals surface area contributed by atoms with Crippen molar-refractivity contribution in [2.45, 2.75) is 25.3 Å². The Morgan fingerprint density at radius 3 is 3.00 bits per heavy atom. The second-order valence-electron chi connectivity index (χ2n) is 5.08. The van der Waals surface area contributed by atoms with Gasteiger partial charge in [0, 0.05) is 28.3 Å². The van der Waals surface area contributed by atoms with Crippen molar-refractivity contribution in [3.05, 3.63) is 28.2 Å². The first kappa shape index (κ1) is 14.3. The number of rotatable bonds is 3. The Morgan fingerprint density at radius 1 is 1.53 bits per heavy atom. The van der Waals surface area contributed by atoms with Crippen LogP contribution >= 0.6 is 15.9 Å². The number of carbonyl (C=O) groups excluding carboxylic acids is 1. The van der Waals surface area contributed by atoms with Gasteiger partial charge in [0.2, 0.25) is 0 Å². The molecule has 1 saturated heterocycles. The Balaban J connectivity index is 1.91. The molecule has 1 aliphatic heterocycles. The number of halogens is 1. The second-order valence-corrected chi connectivity index (χ2v) is 5.93. The van der Waals surface area contributed by atoms with Crippen molar-refractivity contribution in [2.75, 3.05) is 25.9 Å². The van der Waals surface area contributed by atoms with Crippen LogP contribution in [0.25, 0.3) is 0 Å². The summed E-state index contributed by atoms with van der Waals surface area (Å²) in [5.74, 6) is -0.0420. The Bertz CT molecular complexity index is 464. The third-order valence-corrected chi connectivity index (χ3v) is 4.37. The molecule has 1 amide bonds. The minimum Gasteiger partial charge on any atom is -0.398 e. The summed E-state index contributed by atoms with van der Waals surface area (Å²) in [6.45, 7) is 1.82. The third kappa shape index (κ3) is 3.70. The number of carbonyl (C=O) groups is 1. The highest BCUT2D eigenvalue weighted by molar-refractivity contribution is 9.10. The van der Waals surface area contributed by atoms with E-state index in [2.05, 4.69) is 33.2 Å². The number of amides is 1. The Hall–Kier alpha value is -1.07. The van der Waals surface area contributed by atoms with Gasteiger partial charge in [0.1, 0.15) is 0 Å². The van der Waals surface area contributed by atoms with Crippen molar-refractivity contribution in [3.63, 3.8) is 0 Å². The lowest BCUT2D eigenvalue weighted by Gasteiger charge is -2.32. The predicted octanol–water partition coefficient (Wildman–Crippen LogP) is 2.25. The fourth-order valence-corrected chi connectivity index (χ4v) is 2.76. The molecule has 1 atom stereocenters. The smallest absolute Gasteiger partial charge is 0.251 e. The SMILES string of the molecule is CN1CCCCC1CNC(=O)c1ccc(N)c(Br)c1. The van der Waals surface area contributed by atoms with Crippen molar-refractivity contribution < 1.29 is 4.79 Å². The first-order valence-corrected chi connectivity index (χ1v) is 7.40. The first-order chi connectivity index (χ1) is 9.08. The zero-order valence-corrected chi connectivity index (χ0v) is 12.7. The lowest BCUT2D eigenvalue weighted by molar-refractivity contribution is 0.0928. The van der Waals surface area contributed by atoms with Crippen LogP contribution in [0.15, 0.2) is 22.7 Å². The highest BCUT2D eigenvalue weighted by Crippen LogP contribution is 2.20. The largest absolute Gasteiger partial charge is 0.398 e. The van der Waals surface area contributed by atoms with Crippen LogP contribution < -0.4 is 11.1 Å². The second kappa shape index (κ2) is 6.39. The maximum Gasteiger partial charge on any atom is 0.251 e. The molecule has 1 fully saturated rings. The fourth-order valence-electron chi connectivity index (χ4n) is 2.38. The number of nitrogens with zero attached hydrogens (tertiary/aromatic N) is 1. The van der Waals surface area contributed by atoms with E-state index in [4.69, 9.17) is 5.73 Å². The van der Waals surface area contributed by atoms with E-state index >= 15 is 0 Å². The Labute approximate surface area is 122 Å². The van der Waals surface area contributed by atoms with Gasteiger partial charge in [0.25, 0.3) is 5.91 Å². The van der Waals surface area contributed by atoms with Crippen molar-refractivity contribution >= 4 is 27.5 Å². The van der Waals surface area contributed by atoms with Gasteiger partial charge < -0.3 is 16.0 Å². The predicted molar refractivity (Wildman–Crippen MR) is 81.2 cm³/mol. The minimum atomic E-state index is -0.0420. The molecular weight excluding hydrogens is 306 g/mol. The Morgan fingerprint density at radius 2 is 2.32 bits per heavy atom. The number of nitrogens with one attached hydrogen (secondary N) is 1. The molecule has 1 unspecified atom stereocenters. The van der Waals surface area contributed by atoms with Gasteiger partial charge in [-0.15, -0.1) is 0 Å². The number of anilines is 1. The summed E-state index contributed by atoms with van der Waals surface area (Å²) in [5, 5.41) is 3.00. The zero-order valence-electron chi connectivity index (χ0n) is 11.2. The van der Waals surface area contributed by atoms with Crippen molar-refractivity contribution in [3.8, 4) is 0 Å². The molecule has 2 rings (SSSR count). The summed E-state index contributed by atoms with van der Waals surface area (Å²) in [5.41, 5.74) is 6.99. The number of benzene rings is 1. The van der Waals surface area contributed by atoms with E-state index in [-0.39, 0.29) is 5.91 Å². The number of hydrogen-bond donors (Lipinski definition) is 2. The number of nitrogen functional groups attached to an aromatic ring is 1. The number of nitrogens with two attached hydrogens (primary N) is 1. The molecule has 5 heteroatoms. The molecule has 1 aromatic carbocycles. The van der Waals surface area contributed by atoms with Crippen LogP contribution in [0.2, 0.25) is 0 Å². The molecule has 1 aromatic rings. The van der Waals surface area contributed by atoms with E-state index in [0.29, 0.717) is 23.8 Å². The van der Waals surface area contributed by atoms with Crippen molar-refractivity contribution in [1.29, 1.82) is 0 Å². The molecule has 0 bridgehead atoms. The lowest BCUT2D eigenvalue weighted by Crippen LogP contribution is -2.44. The summed E-state index contributed by atoms with van der Waals surface area (Å²) >= 11 is 3.34. The Kier molecular flexibility index (Phi) is 4.82. The number of hydrogen-bond acceptors (Lipinski definition) is 3. The standard InChI is InChI=1S/C14H20BrN3O/c1-18-7-3-2-4-11(18)9-17-14(19)10-5-6-13(16)12(15)8-10/h5-6,8,11H,2-4,7,9,16H2,1H3,(H,17,19). The van der Waals surface area contributed by atoms with Crippen LogP contribution in [0, 0.1) is 0 Å². The summed E-state index contributed by atoms with van der Waals surface area (Å²) < 4.78 is 0.759. The van der Waals surface area contributed by atoms with Gasteiger partial charge in [-0.2, -0.15) is 0 Å². The summed E-state index contributed by atoms with van der Waals surface area (Å²) in [6, 6.07) is 5.70. The van der Waals surface area contributed by atoms with Crippen LogP contribution in [0.3, 0.4) is 0 Å². The van der Waals surface area contributed by atoms with Gasteiger partial charge >= 0.3 is 0 Å². The van der Waals surface area contributed by atoms with E-state index in [1.807, 2.05) is 0 Å². The zero-order chi connectivity index (χ0) is 13.8. The van der Waals surface area contributed by atoms with Crippen LogP contribution in [-0.2, 0) is 0 Å². The minimum absolute atomic E-state index is 0.0420. The highest BCUT2D eigenvalue weighted by atomic mass is 79.9. The molecule has 0 aliphatic carbocycles. The van der Waals surface area contributed by atoms with Gasteiger partial charge in [-0.1, -0.05) is 6.42 Å². The number of likely N-dealkylation sites (tertiary alicyclic amines) is 1. The quantitative estimate of drug-likeness (QED) is 0.838. The average molecular weight is 326 g/mol. The molecule has 1 aliphatic rings. The monoisotopic (exact) mass is 325 g/mol. The summed E-state index contributed by atoms with van der Waals surface area (Å²) in [4.78, 5) is 14.4. The van der Waals surface area contributed by atoms with E-state index in [1.165, 1.54) is 12.8 Å². The maximum atomic E-state index is 12.1. The molecular formula is C14H20BrN3O. The van der Waals surface area contributed by atoms with Gasteiger partial charge in [-0.3, -0.25) is 4.79 Å². The fraction of sp³-hybridized carbons (Fsp3) is 0.500. The van der Waals surface area contributed by atoms with Crippen molar-refractivity contribution in [2.24, 2.45) is 0 Å². The van der Waals surface area contributed by atoms with Crippen LogP contribution in [0.5, 0.6) is 0 Å².